The molecule has 0 radical (unpaired) electrons. The number of hydrogen-bond acceptors (Lipinski definition) is 8. The van der Waals surface area contributed by atoms with Crippen LogP contribution in [-0.4, -0.2) is 10.9 Å². The SMILES string of the molecule is Cc1ccc(COc2ccc(C3C(C#N)=C(N)Oc4cc(OC(=O)c5cc([N+](=O)[O-])ccc5Cl)ccc43)cc2)cc1. The number of nitro benzene ring substituents is 1. The van der Waals surface area contributed by atoms with Crippen molar-refractivity contribution in [2.45, 2.75) is 19.4 Å². The highest BCUT2D eigenvalue weighted by molar-refractivity contribution is 6.33. The molecular formula is C31H22ClN3O6. The lowest BCUT2D eigenvalue weighted by Crippen LogP contribution is -2.21. The van der Waals surface area contributed by atoms with Crippen molar-refractivity contribution in [3.63, 3.8) is 0 Å². The molecule has 204 valence electrons. The third kappa shape index (κ3) is 5.83. The smallest absolute Gasteiger partial charge is 0.345 e. The van der Waals surface area contributed by atoms with E-state index < -0.39 is 16.8 Å². The summed E-state index contributed by atoms with van der Waals surface area (Å²) < 4.78 is 17.1. The maximum Gasteiger partial charge on any atom is 0.345 e. The van der Waals surface area contributed by atoms with Crippen LogP contribution in [0.1, 0.15) is 38.5 Å². The quantitative estimate of drug-likeness (QED) is 0.114. The van der Waals surface area contributed by atoms with Gasteiger partial charge in [-0.15, -0.1) is 0 Å². The first-order valence-electron chi connectivity index (χ1n) is 12.4. The van der Waals surface area contributed by atoms with Crippen molar-refractivity contribution >= 4 is 23.3 Å². The minimum absolute atomic E-state index is 0.00649. The molecule has 1 unspecified atom stereocenters. The molecule has 0 saturated carbocycles. The number of hydrogen-bond donors (Lipinski definition) is 1. The van der Waals surface area contributed by atoms with E-state index >= 15 is 0 Å². The van der Waals surface area contributed by atoms with Gasteiger partial charge in [-0.1, -0.05) is 59.6 Å². The van der Waals surface area contributed by atoms with Crippen LogP contribution in [0.2, 0.25) is 5.02 Å². The number of benzene rings is 4. The summed E-state index contributed by atoms with van der Waals surface area (Å²) in [5.74, 6) is -0.432. The fourth-order valence-corrected chi connectivity index (χ4v) is 4.59. The summed E-state index contributed by atoms with van der Waals surface area (Å²) in [5.41, 5.74) is 9.53. The summed E-state index contributed by atoms with van der Waals surface area (Å²) in [7, 11) is 0. The first-order valence-corrected chi connectivity index (χ1v) is 12.8. The summed E-state index contributed by atoms with van der Waals surface area (Å²) in [6.07, 6.45) is 0. The second-order valence-electron chi connectivity index (χ2n) is 9.28. The van der Waals surface area contributed by atoms with Crippen LogP contribution in [0.25, 0.3) is 0 Å². The van der Waals surface area contributed by atoms with Gasteiger partial charge in [-0.2, -0.15) is 5.26 Å². The number of halogens is 1. The number of allylic oxidation sites excluding steroid dienone is 1. The summed E-state index contributed by atoms with van der Waals surface area (Å²) >= 11 is 6.07. The van der Waals surface area contributed by atoms with Gasteiger partial charge in [0.1, 0.15) is 35.5 Å². The van der Waals surface area contributed by atoms with E-state index in [-0.39, 0.29) is 33.5 Å². The Hall–Kier alpha value is -5.33. The van der Waals surface area contributed by atoms with Crippen molar-refractivity contribution in [1.82, 2.24) is 0 Å². The van der Waals surface area contributed by atoms with E-state index in [1.54, 1.807) is 6.07 Å². The minimum Gasteiger partial charge on any atom is -0.489 e. The molecule has 1 aliphatic rings. The summed E-state index contributed by atoms with van der Waals surface area (Å²) in [4.78, 5) is 23.2. The third-order valence-electron chi connectivity index (χ3n) is 6.52. The Labute approximate surface area is 240 Å². The topological polar surface area (TPSA) is 138 Å². The molecule has 1 heterocycles. The number of nitro groups is 1. The standard InChI is InChI=1S/C31H22ClN3O6/c1-18-2-4-19(5-3-18)17-39-22-9-6-20(7-10-22)29-24-12-11-23(15-28(24)41-30(34)26(29)16-33)40-31(36)25-14-21(35(37)38)8-13-27(25)32/h2-15,29H,17,34H2,1H3. The van der Waals surface area contributed by atoms with E-state index in [1.807, 2.05) is 55.5 Å². The van der Waals surface area contributed by atoms with Crippen LogP contribution in [0.15, 0.2) is 96.4 Å². The second-order valence-corrected chi connectivity index (χ2v) is 9.69. The Morgan fingerprint density at radius 3 is 2.44 bits per heavy atom. The number of nitrogens with two attached hydrogens (primary N) is 1. The first-order chi connectivity index (χ1) is 19.7. The Morgan fingerprint density at radius 1 is 1.05 bits per heavy atom. The number of ether oxygens (including phenoxy) is 3. The predicted molar refractivity (Wildman–Crippen MR) is 151 cm³/mol. The molecule has 41 heavy (non-hydrogen) atoms. The van der Waals surface area contributed by atoms with Crippen molar-refractivity contribution < 1.29 is 23.9 Å². The number of rotatable bonds is 7. The van der Waals surface area contributed by atoms with Crippen LogP contribution in [-0.2, 0) is 6.61 Å². The molecule has 4 aromatic carbocycles. The Balaban J connectivity index is 1.38. The van der Waals surface area contributed by atoms with Crippen molar-refractivity contribution in [3.8, 4) is 23.3 Å². The summed E-state index contributed by atoms with van der Waals surface area (Å²) in [6.45, 7) is 2.44. The number of nitrogens with zero attached hydrogens (tertiary/aromatic N) is 2. The third-order valence-corrected chi connectivity index (χ3v) is 6.85. The molecule has 9 nitrogen and oxygen atoms in total. The second kappa shape index (κ2) is 11.4. The highest BCUT2D eigenvalue weighted by Gasteiger charge is 2.31. The van der Waals surface area contributed by atoms with Gasteiger partial charge in [0.2, 0.25) is 5.88 Å². The van der Waals surface area contributed by atoms with Crippen LogP contribution in [0.4, 0.5) is 5.69 Å². The molecular weight excluding hydrogens is 546 g/mol. The van der Waals surface area contributed by atoms with Crippen molar-refractivity contribution in [1.29, 1.82) is 5.26 Å². The molecule has 0 spiro atoms. The maximum atomic E-state index is 12.8. The van der Waals surface area contributed by atoms with Gasteiger partial charge < -0.3 is 19.9 Å². The molecule has 0 aliphatic carbocycles. The lowest BCUT2D eigenvalue weighted by Gasteiger charge is -2.26. The fraction of sp³-hybridized carbons (Fsp3) is 0.0968. The highest BCUT2D eigenvalue weighted by Crippen LogP contribution is 2.43. The zero-order valence-corrected chi connectivity index (χ0v) is 22.4. The largest absolute Gasteiger partial charge is 0.489 e. The number of non-ortho nitro benzene ring substituents is 1. The van der Waals surface area contributed by atoms with E-state index in [9.17, 15) is 20.2 Å². The number of esters is 1. The van der Waals surface area contributed by atoms with E-state index in [1.165, 1.54) is 29.8 Å². The first kappa shape index (κ1) is 27.2. The van der Waals surface area contributed by atoms with Gasteiger partial charge >= 0.3 is 5.97 Å². The van der Waals surface area contributed by atoms with Crippen molar-refractivity contribution in [2.75, 3.05) is 0 Å². The van der Waals surface area contributed by atoms with Gasteiger partial charge in [-0.3, -0.25) is 10.1 Å². The van der Waals surface area contributed by atoms with Gasteiger partial charge in [-0.05, 0) is 42.3 Å². The van der Waals surface area contributed by atoms with E-state index in [0.717, 1.165) is 17.2 Å². The number of carbonyl (C=O) groups excluding carboxylic acids is 1. The number of carbonyl (C=O) groups is 1. The monoisotopic (exact) mass is 567 g/mol. The van der Waals surface area contributed by atoms with Crippen LogP contribution in [0, 0.1) is 28.4 Å². The molecule has 2 N–H and O–H groups in total. The molecule has 0 aromatic heterocycles. The van der Waals surface area contributed by atoms with Gasteiger partial charge in [0, 0.05) is 23.8 Å². The number of fused-ring (bicyclic) bond motifs is 1. The molecule has 5 rings (SSSR count). The van der Waals surface area contributed by atoms with Crippen LogP contribution >= 0.6 is 11.6 Å². The minimum atomic E-state index is -0.881. The molecule has 10 heteroatoms. The van der Waals surface area contributed by atoms with E-state index in [0.29, 0.717) is 23.7 Å². The number of nitriles is 1. The Kier molecular flexibility index (Phi) is 7.59. The van der Waals surface area contributed by atoms with Crippen LogP contribution in [0.5, 0.6) is 17.2 Å². The predicted octanol–water partition coefficient (Wildman–Crippen LogP) is 6.57. The van der Waals surface area contributed by atoms with Crippen molar-refractivity contribution in [3.05, 3.63) is 139 Å². The normalized spacial score (nSPS) is 13.9. The van der Waals surface area contributed by atoms with Gasteiger partial charge in [0.05, 0.1) is 21.4 Å². The zero-order chi connectivity index (χ0) is 29.1. The fourth-order valence-electron chi connectivity index (χ4n) is 4.39. The Morgan fingerprint density at radius 2 is 1.76 bits per heavy atom. The highest BCUT2D eigenvalue weighted by atomic mass is 35.5. The molecule has 0 fully saturated rings. The maximum absolute atomic E-state index is 12.8. The summed E-state index contributed by atoms with van der Waals surface area (Å²) in [5, 5.41) is 21.0. The average Bonchev–Trinajstić information content (AvgIpc) is 2.96. The lowest BCUT2D eigenvalue weighted by atomic mass is 9.83. The molecule has 1 aliphatic heterocycles. The van der Waals surface area contributed by atoms with Crippen LogP contribution < -0.4 is 19.9 Å². The Bertz CT molecular complexity index is 1730. The molecule has 0 amide bonds. The van der Waals surface area contributed by atoms with E-state index in [4.69, 9.17) is 31.5 Å². The lowest BCUT2D eigenvalue weighted by molar-refractivity contribution is -0.384. The van der Waals surface area contributed by atoms with Gasteiger partial charge in [0.15, 0.2) is 0 Å². The molecule has 0 bridgehead atoms. The molecule has 1 atom stereocenters. The summed E-state index contributed by atoms with van der Waals surface area (Å²) in [6, 6.07) is 25.7. The van der Waals surface area contributed by atoms with Gasteiger partial charge in [-0.25, -0.2) is 4.79 Å². The average molecular weight is 568 g/mol. The zero-order valence-electron chi connectivity index (χ0n) is 21.7. The van der Waals surface area contributed by atoms with Crippen LogP contribution in [0.3, 0.4) is 0 Å². The molecule has 0 saturated heterocycles. The van der Waals surface area contributed by atoms with Crippen molar-refractivity contribution in [2.24, 2.45) is 5.73 Å². The molecule has 4 aromatic rings. The van der Waals surface area contributed by atoms with E-state index in [2.05, 4.69) is 6.07 Å². The van der Waals surface area contributed by atoms with Gasteiger partial charge in [0.25, 0.3) is 5.69 Å². The number of aryl methyl sites for hydroxylation is 1.